The summed E-state index contributed by atoms with van der Waals surface area (Å²) < 4.78 is 5.44. The molecule has 0 aliphatic rings. The number of hydrogen-bond acceptors (Lipinski definition) is 1. The van der Waals surface area contributed by atoms with Crippen LogP contribution in [0.1, 0.15) is 22.3 Å². The summed E-state index contributed by atoms with van der Waals surface area (Å²) in [5.41, 5.74) is 4.91. The van der Waals surface area contributed by atoms with Gasteiger partial charge in [-0.3, -0.25) is 0 Å². The number of methoxy groups -OCH3 is 1. The lowest BCUT2D eigenvalue weighted by molar-refractivity contribution is 0.410. The monoisotopic (exact) mass is 260 g/mol. The number of rotatable bonds is 4. The van der Waals surface area contributed by atoms with Crippen molar-refractivity contribution >= 4 is 11.6 Å². The number of aryl methyl sites for hydroxylation is 1. The van der Waals surface area contributed by atoms with Crippen molar-refractivity contribution in [2.75, 3.05) is 7.11 Å². The Labute approximate surface area is 113 Å². The normalized spacial score (nSPS) is 10.4. The van der Waals surface area contributed by atoms with E-state index in [9.17, 15) is 0 Å². The number of halogens is 1. The largest absolute Gasteiger partial charge is 0.496 e. The highest BCUT2D eigenvalue weighted by Gasteiger charge is 2.06. The molecule has 2 aromatic rings. The standard InChI is InChI=1S/C16H17ClO/c1-12-5-3-4-6-14(12)10-15-8-7-13(11-17)9-16(15)18-2/h3-9H,10-11H2,1-2H3. The average molecular weight is 261 g/mol. The summed E-state index contributed by atoms with van der Waals surface area (Å²) in [7, 11) is 1.70. The van der Waals surface area contributed by atoms with E-state index < -0.39 is 0 Å². The molecular weight excluding hydrogens is 244 g/mol. The molecule has 0 fully saturated rings. The van der Waals surface area contributed by atoms with Crippen molar-refractivity contribution in [3.05, 3.63) is 64.7 Å². The van der Waals surface area contributed by atoms with E-state index in [1.54, 1.807) is 7.11 Å². The van der Waals surface area contributed by atoms with Gasteiger partial charge in [-0.2, -0.15) is 0 Å². The van der Waals surface area contributed by atoms with Crippen LogP contribution in [0, 0.1) is 6.92 Å². The van der Waals surface area contributed by atoms with Gasteiger partial charge >= 0.3 is 0 Å². The Morgan fingerprint density at radius 3 is 2.50 bits per heavy atom. The van der Waals surface area contributed by atoms with E-state index in [1.165, 1.54) is 16.7 Å². The molecule has 0 aliphatic heterocycles. The van der Waals surface area contributed by atoms with Gasteiger partial charge in [0, 0.05) is 12.3 Å². The second kappa shape index (κ2) is 5.92. The zero-order valence-electron chi connectivity index (χ0n) is 10.7. The quantitative estimate of drug-likeness (QED) is 0.744. The average Bonchev–Trinajstić information content (AvgIpc) is 2.41. The number of ether oxygens (including phenoxy) is 1. The van der Waals surface area contributed by atoms with Gasteiger partial charge in [0.15, 0.2) is 0 Å². The van der Waals surface area contributed by atoms with Crippen LogP contribution in [0.3, 0.4) is 0 Å². The molecule has 0 aromatic heterocycles. The number of benzene rings is 2. The smallest absolute Gasteiger partial charge is 0.122 e. The van der Waals surface area contributed by atoms with Gasteiger partial charge in [0.25, 0.3) is 0 Å². The zero-order valence-corrected chi connectivity index (χ0v) is 11.5. The van der Waals surface area contributed by atoms with Crippen molar-refractivity contribution in [2.45, 2.75) is 19.2 Å². The van der Waals surface area contributed by atoms with Crippen LogP contribution in [0.2, 0.25) is 0 Å². The lowest BCUT2D eigenvalue weighted by atomic mass is 9.99. The molecule has 0 saturated carbocycles. The van der Waals surface area contributed by atoms with Crippen LogP contribution in [-0.4, -0.2) is 7.11 Å². The fraction of sp³-hybridized carbons (Fsp3) is 0.250. The van der Waals surface area contributed by atoms with Crippen molar-refractivity contribution in [2.24, 2.45) is 0 Å². The van der Waals surface area contributed by atoms with Gasteiger partial charge in [0.2, 0.25) is 0 Å². The van der Waals surface area contributed by atoms with Crippen LogP contribution in [0.25, 0.3) is 0 Å². The molecule has 1 nitrogen and oxygen atoms in total. The van der Waals surface area contributed by atoms with Crippen molar-refractivity contribution in [3.8, 4) is 5.75 Å². The van der Waals surface area contributed by atoms with Crippen LogP contribution >= 0.6 is 11.6 Å². The molecule has 0 N–H and O–H groups in total. The second-order valence-corrected chi connectivity index (χ2v) is 4.65. The van der Waals surface area contributed by atoms with E-state index in [2.05, 4.69) is 43.3 Å². The first kappa shape index (κ1) is 13.0. The maximum Gasteiger partial charge on any atom is 0.122 e. The molecule has 2 aromatic carbocycles. The van der Waals surface area contributed by atoms with E-state index in [1.807, 2.05) is 6.07 Å². The Kier molecular flexibility index (Phi) is 4.27. The minimum Gasteiger partial charge on any atom is -0.496 e. The molecule has 18 heavy (non-hydrogen) atoms. The Morgan fingerprint density at radius 1 is 1.06 bits per heavy atom. The third-order valence-electron chi connectivity index (χ3n) is 3.15. The maximum absolute atomic E-state index is 5.84. The molecule has 0 saturated heterocycles. The van der Waals surface area contributed by atoms with Gasteiger partial charge in [-0.15, -0.1) is 11.6 Å². The fourth-order valence-corrected chi connectivity index (χ4v) is 2.20. The number of hydrogen-bond donors (Lipinski definition) is 0. The first-order valence-electron chi connectivity index (χ1n) is 6.01. The van der Waals surface area contributed by atoms with Crippen LogP contribution in [0.4, 0.5) is 0 Å². The second-order valence-electron chi connectivity index (χ2n) is 4.38. The van der Waals surface area contributed by atoms with E-state index in [4.69, 9.17) is 16.3 Å². The van der Waals surface area contributed by atoms with Gasteiger partial charge in [0.1, 0.15) is 5.75 Å². The van der Waals surface area contributed by atoms with Gasteiger partial charge in [0.05, 0.1) is 7.11 Å². The maximum atomic E-state index is 5.84. The third kappa shape index (κ3) is 2.85. The lowest BCUT2D eigenvalue weighted by Crippen LogP contribution is -1.96. The minimum atomic E-state index is 0.515. The van der Waals surface area contributed by atoms with Crippen molar-refractivity contribution < 1.29 is 4.74 Å². The Hall–Kier alpha value is -1.47. The van der Waals surface area contributed by atoms with E-state index >= 15 is 0 Å². The Balaban J connectivity index is 2.32. The molecule has 0 radical (unpaired) electrons. The molecule has 0 amide bonds. The van der Waals surface area contributed by atoms with Crippen LogP contribution in [0.5, 0.6) is 5.75 Å². The third-order valence-corrected chi connectivity index (χ3v) is 3.46. The van der Waals surface area contributed by atoms with Gasteiger partial charge in [-0.1, -0.05) is 36.4 Å². The summed E-state index contributed by atoms with van der Waals surface area (Å²) >= 11 is 5.84. The van der Waals surface area contributed by atoms with Crippen molar-refractivity contribution in [1.82, 2.24) is 0 Å². The van der Waals surface area contributed by atoms with Gasteiger partial charge in [-0.05, 0) is 35.2 Å². The molecule has 0 unspecified atom stereocenters. The summed E-state index contributed by atoms with van der Waals surface area (Å²) in [5, 5.41) is 0. The molecule has 2 rings (SSSR count). The molecular formula is C16H17ClO. The van der Waals surface area contributed by atoms with E-state index in [0.717, 1.165) is 17.7 Å². The van der Waals surface area contributed by atoms with Crippen LogP contribution in [-0.2, 0) is 12.3 Å². The molecule has 2 heteroatoms. The first-order chi connectivity index (χ1) is 8.74. The summed E-state index contributed by atoms with van der Waals surface area (Å²) in [6.45, 7) is 2.13. The molecule has 94 valence electrons. The summed E-state index contributed by atoms with van der Waals surface area (Å²) in [6, 6.07) is 14.6. The summed E-state index contributed by atoms with van der Waals surface area (Å²) in [4.78, 5) is 0. The number of alkyl halides is 1. The van der Waals surface area contributed by atoms with Crippen molar-refractivity contribution in [3.63, 3.8) is 0 Å². The first-order valence-corrected chi connectivity index (χ1v) is 6.54. The molecule has 0 aliphatic carbocycles. The van der Waals surface area contributed by atoms with Crippen molar-refractivity contribution in [1.29, 1.82) is 0 Å². The molecule has 0 atom stereocenters. The molecule has 0 heterocycles. The SMILES string of the molecule is COc1cc(CCl)ccc1Cc1ccccc1C. The fourth-order valence-electron chi connectivity index (χ4n) is 2.03. The predicted molar refractivity (Wildman–Crippen MR) is 76.5 cm³/mol. The Morgan fingerprint density at radius 2 is 1.83 bits per heavy atom. The highest BCUT2D eigenvalue weighted by molar-refractivity contribution is 6.17. The highest BCUT2D eigenvalue weighted by Crippen LogP contribution is 2.24. The zero-order chi connectivity index (χ0) is 13.0. The van der Waals surface area contributed by atoms with Gasteiger partial charge in [-0.25, -0.2) is 0 Å². The van der Waals surface area contributed by atoms with Gasteiger partial charge < -0.3 is 4.74 Å². The Bertz CT molecular complexity index is 534. The molecule has 0 spiro atoms. The topological polar surface area (TPSA) is 9.23 Å². The van der Waals surface area contributed by atoms with Crippen LogP contribution in [0.15, 0.2) is 42.5 Å². The summed E-state index contributed by atoms with van der Waals surface area (Å²) in [5.74, 6) is 1.43. The highest BCUT2D eigenvalue weighted by atomic mass is 35.5. The predicted octanol–water partition coefficient (Wildman–Crippen LogP) is 4.33. The van der Waals surface area contributed by atoms with E-state index in [-0.39, 0.29) is 0 Å². The van der Waals surface area contributed by atoms with E-state index in [0.29, 0.717) is 5.88 Å². The summed E-state index contributed by atoms with van der Waals surface area (Å²) in [6.07, 6.45) is 0.887. The van der Waals surface area contributed by atoms with Crippen LogP contribution < -0.4 is 4.74 Å². The molecule has 0 bridgehead atoms. The minimum absolute atomic E-state index is 0.515. The lowest BCUT2D eigenvalue weighted by Gasteiger charge is -2.11.